The first-order chi connectivity index (χ1) is 21.5. The van der Waals surface area contributed by atoms with Crippen LogP contribution in [0.4, 0.5) is 5.95 Å². The molecule has 3 aromatic rings. The molecule has 13 heteroatoms. The quantitative estimate of drug-likeness (QED) is 0.201. The molecule has 4 N–H and O–H groups in total. The number of aliphatic imine (C=N–C) groups is 1. The number of anilines is 1. The molecule has 1 saturated heterocycles. The number of dihydropyridines is 1. The van der Waals surface area contributed by atoms with E-state index in [4.69, 9.17) is 9.72 Å². The fraction of sp³-hybridized carbons (Fsp3) is 0.469. The zero-order valence-electron chi connectivity index (χ0n) is 26.0. The summed E-state index contributed by atoms with van der Waals surface area (Å²) >= 11 is 1.51. The SMILES string of the molecule is CCCc1cnc(N2CCC(Oc3nc4ccc(C5=CC(S(O)(O)C=CCC(=O)NCC(C)(C)O)=NCC5)cc4s3)CC2)nc1. The van der Waals surface area contributed by atoms with E-state index in [1.165, 1.54) is 22.8 Å². The van der Waals surface area contributed by atoms with Crippen LogP contribution in [0.2, 0.25) is 0 Å². The lowest BCUT2D eigenvalue weighted by Gasteiger charge is -2.31. The van der Waals surface area contributed by atoms with Gasteiger partial charge in [0.05, 0.1) is 15.8 Å². The Labute approximate surface area is 269 Å². The number of nitrogens with one attached hydrogen (secondary N) is 1. The Morgan fingerprint density at radius 2 is 1.98 bits per heavy atom. The third-order valence-corrected chi connectivity index (χ3v) is 9.87. The molecule has 0 bridgehead atoms. The molecule has 2 aromatic heterocycles. The zero-order valence-corrected chi connectivity index (χ0v) is 27.6. The molecular weight excluding hydrogens is 613 g/mol. The molecule has 0 spiro atoms. The molecule has 0 saturated carbocycles. The Kier molecular flexibility index (Phi) is 10.6. The summed E-state index contributed by atoms with van der Waals surface area (Å²) in [6, 6.07) is 6.01. The predicted octanol–water partition coefficient (Wildman–Crippen LogP) is 5.81. The number of ether oxygens (including phenoxy) is 1. The Balaban J connectivity index is 1.18. The number of hydrogen-bond acceptors (Lipinski definition) is 11. The average Bonchev–Trinajstić information content (AvgIpc) is 3.42. The van der Waals surface area contributed by atoms with Gasteiger partial charge in [0, 0.05) is 63.2 Å². The maximum atomic E-state index is 12.0. The number of carbonyl (C=O) groups excluding carboxylic acids is 1. The van der Waals surface area contributed by atoms with Crippen LogP contribution in [0.25, 0.3) is 15.8 Å². The minimum Gasteiger partial charge on any atom is -0.467 e. The number of piperidine rings is 1. The van der Waals surface area contributed by atoms with E-state index in [-0.39, 0.29) is 30.0 Å². The van der Waals surface area contributed by atoms with Crippen LogP contribution in [0.15, 0.2) is 53.1 Å². The summed E-state index contributed by atoms with van der Waals surface area (Å²) in [6.45, 7) is 7.54. The van der Waals surface area contributed by atoms with E-state index >= 15 is 0 Å². The molecule has 0 radical (unpaired) electrons. The number of rotatable bonds is 11. The molecule has 0 aliphatic carbocycles. The van der Waals surface area contributed by atoms with E-state index < -0.39 is 16.2 Å². The molecule has 1 amide bonds. The second-order valence-corrected chi connectivity index (χ2v) is 14.9. The molecule has 1 fully saturated rings. The number of amides is 1. The van der Waals surface area contributed by atoms with Gasteiger partial charge >= 0.3 is 0 Å². The lowest BCUT2D eigenvalue weighted by atomic mass is 10.0. The monoisotopic (exact) mass is 654 g/mol. The topological polar surface area (TPSA) is 153 Å². The number of hydrogen-bond donors (Lipinski definition) is 4. The summed E-state index contributed by atoms with van der Waals surface area (Å²) in [5.74, 6) is 0.453. The molecule has 242 valence electrons. The number of aromatic nitrogens is 3. The summed E-state index contributed by atoms with van der Waals surface area (Å²) in [5, 5.41) is 14.4. The van der Waals surface area contributed by atoms with E-state index in [9.17, 15) is 19.0 Å². The van der Waals surface area contributed by atoms with Crippen molar-refractivity contribution in [3.05, 3.63) is 59.3 Å². The van der Waals surface area contributed by atoms with Crippen LogP contribution in [-0.4, -0.2) is 78.0 Å². The van der Waals surface area contributed by atoms with Crippen molar-refractivity contribution < 1.29 is 23.7 Å². The summed E-state index contributed by atoms with van der Waals surface area (Å²) in [5.41, 5.74) is 2.92. The normalized spacial score (nSPS) is 17.0. The standard InChI is InChI=1S/C32H42N6O5S2/c1-4-6-22-19-34-30(35-20-22)38-14-11-25(12-15-38)43-31-37-26-9-8-23(17-27(26)44-31)24-10-13-33-29(18-24)45(41,42)16-5-7-28(39)36-21-32(2,3)40/h5,8-9,16-20,25,40-42H,4,6-7,10-15,21H2,1-3H3,(H,36,39). The summed E-state index contributed by atoms with van der Waals surface area (Å²) in [4.78, 5) is 32.4. The van der Waals surface area contributed by atoms with E-state index in [1.807, 2.05) is 24.5 Å². The number of fused-ring (bicyclic) bond motifs is 1. The minimum atomic E-state index is -3.32. The van der Waals surface area contributed by atoms with Crippen molar-refractivity contribution in [3.63, 3.8) is 0 Å². The lowest BCUT2D eigenvalue weighted by molar-refractivity contribution is -0.121. The van der Waals surface area contributed by atoms with Crippen LogP contribution in [0, 0.1) is 0 Å². The number of carbonyl (C=O) groups is 1. The smallest absolute Gasteiger partial charge is 0.274 e. The van der Waals surface area contributed by atoms with Crippen LogP contribution in [0.3, 0.4) is 0 Å². The van der Waals surface area contributed by atoms with Gasteiger partial charge in [-0.1, -0.05) is 36.8 Å². The lowest BCUT2D eigenvalue weighted by Crippen LogP contribution is -2.39. The minimum absolute atomic E-state index is 0.0390. The van der Waals surface area contributed by atoms with Crippen LogP contribution >= 0.6 is 21.9 Å². The maximum absolute atomic E-state index is 12.0. The third kappa shape index (κ3) is 9.10. The van der Waals surface area contributed by atoms with Crippen molar-refractivity contribution in [1.82, 2.24) is 20.3 Å². The molecule has 0 unspecified atom stereocenters. The average molecular weight is 655 g/mol. The zero-order chi connectivity index (χ0) is 32.0. The maximum Gasteiger partial charge on any atom is 0.274 e. The van der Waals surface area contributed by atoms with E-state index in [1.54, 1.807) is 19.9 Å². The van der Waals surface area contributed by atoms with E-state index in [0.29, 0.717) is 18.2 Å². The highest BCUT2D eigenvalue weighted by molar-refractivity contribution is 8.39. The van der Waals surface area contributed by atoms with Crippen molar-refractivity contribution in [2.45, 2.75) is 71.0 Å². The van der Waals surface area contributed by atoms with Gasteiger partial charge in [-0.2, -0.15) is 0 Å². The van der Waals surface area contributed by atoms with Gasteiger partial charge < -0.3 is 20.1 Å². The summed E-state index contributed by atoms with van der Waals surface area (Å²) < 4.78 is 28.9. The second-order valence-electron chi connectivity index (χ2n) is 12.0. The van der Waals surface area contributed by atoms with Crippen LogP contribution in [-0.2, 0) is 11.2 Å². The number of aliphatic hydroxyl groups is 1. The number of aryl methyl sites for hydroxylation is 1. The molecule has 5 rings (SSSR count). The molecule has 45 heavy (non-hydrogen) atoms. The number of benzene rings is 1. The first-order valence-electron chi connectivity index (χ1n) is 15.3. The van der Waals surface area contributed by atoms with Gasteiger partial charge in [0.1, 0.15) is 11.1 Å². The second kappa shape index (κ2) is 14.4. The summed E-state index contributed by atoms with van der Waals surface area (Å²) in [7, 11) is -3.32. The molecule has 4 heterocycles. The molecule has 0 atom stereocenters. The van der Waals surface area contributed by atoms with Crippen molar-refractivity contribution in [3.8, 4) is 5.19 Å². The van der Waals surface area contributed by atoms with Gasteiger partial charge in [-0.3, -0.25) is 18.9 Å². The molecule has 2 aliphatic rings. The highest BCUT2D eigenvalue weighted by atomic mass is 32.3. The highest BCUT2D eigenvalue weighted by Crippen LogP contribution is 2.45. The van der Waals surface area contributed by atoms with E-state index in [2.05, 4.69) is 38.2 Å². The Bertz CT molecular complexity index is 1570. The molecule has 1 aromatic carbocycles. The fourth-order valence-electron chi connectivity index (χ4n) is 5.11. The van der Waals surface area contributed by atoms with Crippen LogP contribution < -0.4 is 15.0 Å². The van der Waals surface area contributed by atoms with Crippen LogP contribution in [0.1, 0.15) is 64.0 Å². The van der Waals surface area contributed by atoms with Gasteiger partial charge in [0.25, 0.3) is 5.19 Å². The van der Waals surface area contributed by atoms with Crippen molar-refractivity contribution in [2.75, 3.05) is 31.1 Å². The summed E-state index contributed by atoms with van der Waals surface area (Å²) in [6.07, 6.45) is 11.5. The van der Waals surface area contributed by atoms with Crippen molar-refractivity contribution >= 4 is 54.6 Å². The number of nitrogens with zero attached hydrogens (tertiary/aromatic N) is 5. The molecule has 11 nitrogen and oxygen atoms in total. The third-order valence-electron chi connectivity index (χ3n) is 7.52. The van der Waals surface area contributed by atoms with Crippen molar-refractivity contribution in [1.29, 1.82) is 0 Å². The Morgan fingerprint density at radius 1 is 1.22 bits per heavy atom. The van der Waals surface area contributed by atoms with E-state index in [0.717, 1.165) is 71.6 Å². The largest absolute Gasteiger partial charge is 0.467 e. The first-order valence-corrected chi connectivity index (χ1v) is 17.7. The van der Waals surface area contributed by atoms with Gasteiger partial charge in [-0.05, 0) is 61.6 Å². The fourth-order valence-corrected chi connectivity index (χ4v) is 7.13. The Morgan fingerprint density at radius 3 is 2.69 bits per heavy atom. The van der Waals surface area contributed by atoms with Gasteiger partial charge in [-0.25, -0.2) is 15.0 Å². The number of thiazole rings is 1. The molecule has 2 aliphatic heterocycles. The Hall–Kier alpha value is -3.36. The first kappa shape index (κ1) is 33.0. The van der Waals surface area contributed by atoms with Gasteiger partial charge in [0.15, 0.2) is 0 Å². The van der Waals surface area contributed by atoms with Crippen LogP contribution in [0.5, 0.6) is 5.19 Å². The van der Waals surface area contributed by atoms with Crippen molar-refractivity contribution in [2.24, 2.45) is 4.99 Å². The highest BCUT2D eigenvalue weighted by Gasteiger charge is 2.24. The van der Waals surface area contributed by atoms with Gasteiger partial charge in [0.2, 0.25) is 11.9 Å². The molecular formula is C32H42N6O5S2. The predicted molar refractivity (Wildman–Crippen MR) is 182 cm³/mol. The van der Waals surface area contributed by atoms with Gasteiger partial charge in [-0.15, -0.1) is 10.6 Å².